The Morgan fingerprint density at radius 1 is 1.10 bits per heavy atom. The Labute approximate surface area is 176 Å². The molecule has 6 nitrogen and oxygen atoms in total. The molecule has 0 radical (unpaired) electrons. The van der Waals surface area contributed by atoms with Crippen LogP contribution in [0.4, 0.5) is 0 Å². The molecule has 2 aromatic carbocycles. The van der Waals surface area contributed by atoms with Gasteiger partial charge in [0.1, 0.15) is 5.75 Å². The van der Waals surface area contributed by atoms with Gasteiger partial charge in [-0.2, -0.15) is 4.31 Å². The van der Waals surface area contributed by atoms with E-state index in [-0.39, 0.29) is 15.5 Å². The highest BCUT2D eigenvalue weighted by Crippen LogP contribution is 2.25. The van der Waals surface area contributed by atoms with Gasteiger partial charge in [-0.25, -0.2) is 8.42 Å². The first-order valence-corrected chi connectivity index (χ1v) is 11.5. The van der Waals surface area contributed by atoms with E-state index in [0.717, 1.165) is 30.6 Å². The topological polar surface area (TPSA) is 75.7 Å². The third-order valence-electron chi connectivity index (χ3n) is 4.82. The molecule has 1 fully saturated rings. The maximum atomic E-state index is 12.9. The minimum absolute atomic E-state index is 0.0926. The first kappa shape index (κ1) is 21.6. The molecule has 0 saturated carbocycles. The monoisotopic (exact) mass is 436 g/mol. The van der Waals surface area contributed by atoms with Gasteiger partial charge in [-0.15, -0.1) is 0 Å². The fourth-order valence-electron chi connectivity index (χ4n) is 3.24. The number of carbonyl (C=O) groups is 1. The molecule has 156 valence electrons. The second-order valence-electron chi connectivity index (χ2n) is 6.87. The fraction of sp³-hybridized carbons (Fsp3) is 0.381. The number of nitrogens with one attached hydrogen (secondary N) is 1. The number of amides is 1. The molecule has 0 atom stereocenters. The van der Waals surface area contributed by atoms with Gasteiger partial charge in [0.05, 0.1) is 22.1 Å². The summed E-state index contributed by atoms with van der Waals surface area (Å²) >= 11 is 6.18. The van der Waals surface area contributed by atoms with Gasteiger partial charge in [0, 0.05) is 19.6 Å². The predicted octanol–water partition coefficient (Wildman–Crippen LogP) is 3.84. The Bertz CT molecular complexity index is 955. The zero-order valence-electron chi connectivity index (χ0n) is 16.4. The average molecular weight is 437 g/mol. The smallest absolute Gasteiger partial charge is 0.253 e. The lowest BCUT2D eigenvalue weighted by Gasteiger charge is -2.26. The molecule has 0 aromatic heterocycles. The Morgan fingerprint density at radius 3 is 2.45 bits per heavy atom. The van der Waals surface area contributed by atoms with Crippen molar-refractivity contribution in [3.63, 3.8) is 0 Å². The lowest BCUT2D eigenvalue weighted by atomic mass is 10.2. The number of carbonyl (C=O) groups excluding carboxylic acids is 1. The van der Waals surface area contributed by atoms with Crippen LogP contribution in [0.3, 0.4) is 0 Å². The quantitative estimate of drug-likeness (QED) is 0.715. The number of hydrogen-bond acceptors (Lipinski definition) is 4. The van der Waals surface area contributed by atoms with Crippen LogP contribution < -0.4 is 10.1 Å². The van der Waals surface area contributed by atoms with Crippen molar-refractivity contribution >= 4 is 27.5 Å². The van der Waals surface area contributed by atoms with Crippen molar-refractivity contribution < 1.29 is 17.9 Å². The lowest BCUT2D eigenvalue weighted by Crippen LogP contribution is -2.35. The molecule has 0 aliphatic carbocycles. The Balaban J connectivity index is 1.72. The fourth-order valence-corrected chi connectivity index (χ4v) is 4.99. The van der Waals surface area contributed by atoms with Gasteiger partial charge in [0.15, 0.2) is 0 Å². The molecular formula is C21H25ClN2O4S. The van der Waals surface area contributed by atoms with E-state index in [0.29, 0.717) is 26.2 Å². The summed E-state index contributed by atoms with van der Waals surface area (Å²) in [6.07, 6.45) is 2.73. The summed E-state index contributed by atoms with van der Waals surface area (Å²) in [5, 5.41) is 3.01. The van der Waals surface area contributed by atoms with E-state index in [4.69, 9.17) is 16.3 Å². The summed E-state index contributed by atoms with van der Waals surface area (Å²) in [4.78, 5) is 12.7. The summed E-state index contributed by atoms with van der Waals surface area (Å²) in [5.74, 6) is 0.348. The standard InChI is InChI=1S/C21H25ClN2O4S/c1-2-28-17-8-6-16(7-9-17)15-23-21(25)19-14-18(10-11-20(19)22)29(26,27)24-12-4-3-5-13-24/h6-11,14H,2-5,12-13,15H2,1H3,(H,23,25). The van der Waals surface area contributed by atoms with Gasteiger partial charge < -0.3 is 10.1 Å². The van der Waals surface area contributed by atoms with E-state index in [1.54, 1.807) is 0 Å². The van der Waals surface area contributed by atoms with Crippen LogP contribution in [0, 0.1) is 0 Å². The molecule has 1 heterocycles. The number of ether oxygens (including phenoxy) is 1. The molecule has 1 aliphatic heterocycles. The van der Waals surface area contributed by atoms with Crippen LogP contribution in [0.2, 0.25) is 5.02 Å². The molecule has 1 saturated heterocycles. The molecule has 1 amide bonds. The Hall–Kier alpha value is -2.09. The molecule has 1 aliphatic rings. The SMILES string of the molecule is CCOc1ccc(CNC(=O)c2cc(S(=O)(=O)N3CCCCC3)ccc2Cl)cc1. The normalized spacial score (nSPS) is 15.1. The van der Waals surface area contributed by atoms with E-state index in [1.165, 1.54) is 22.5 Å². The van der Waals surface area contributed by atoms with Crippen LogP contribution in [0.5, 0.6) is 5.75 Å². The zero-order chi connectivity index (χ0) is 20.9. The molecular weight excluding hydrogens is 412 g/mol. The van der Waals surface area contributed by atoms with E-state index in [2.05, 4.69) is 5.32 Å². The van der Waals surface area contributed by atoms with Gasteiger partial charge in [0.2, 0.25) is 10.0 Å². The van der Waals surface area contributed by atoms with Crippen LogP contribution in [-0.4, -0.2) is 38.3 Å². The summed E-state index contributed by atoms with van der Waals surface area (Å²) in [5.41, 5.74) is 1.05. The zero-order valence-corrected chi connectivity index (χ0v) is 17.9. The average Bonchev–Trinajstić information content (AvgIpc) is 2.74. The van der Waals surface area contributed by atoms with Crippen molar-refractivity contribution in [3.05, 3.63) is 58.6 Å². The minimum Gasteiger partial charge on any atom is -0.494 e. The highest BCUT2D eigenvalue weighted by Gasteiger charge is 2.27. The molecule has 0 unspecified atom stereocenters. The summed E-state index contributed by atoms with van der Waals surface area (Å²) in [6, 6.07) is 11.7. The first-order chi connectivity index (χ1) is 13.9. The van der Waals surface area contributed by atoms with Gasteiger partial charge in [-0.1, -0.05) is 30.2 Å². The summed E-state index contributed by atoms with van der Waals surface area (Å²) in [7, 11) is -3.63. The molecule has 2 aromatic rings. The molecule has 8 heteroatoms. The van der Waals surface area contributed by atoms with Crippen molar-refractivity contribution in [2.24, 2.45) is 0 Å². The highest BCUT2D eigenvalue weighted by atomic mass is 35.5. The Morgan fingerprint density at radius 2 is 1.79 bits per heavy atom. The van der Waals surface area contributed by atoms with Crippen molar-refractivity contribution in [2.75, 3.05) is 19.7 Å². The van der Waals surface area contributed by atoms with Crippen LogP contribution in [0.1, 0.15) is 42.1 Å². The van der Waals surface area contributed by atoms with Gasteiger partial charge in [-0.05, 0) is 55.7 Å². The van der Waals surface area contributed by atoms with Crippen molar-refractivity contribution in [2.45, 2.75) is 37.6 Å². The molecule has 3 rings (SSSR count). The van der Waals surface area contributed by atoms with Gasteiger partial charge >= 0.3 is 0 Å². The van der Waals surface area contributed by atoms with Crippen molar-refractivity contribution in [3.8, 4) is 5.75 Å². The summed E-state index contributed by atoms with van der Waals surface area (Å²) < 4.78 is 32.6. The predicted molar refractivity (Wildman–Crippen MR) is 113 cm³/mol. The minimum atomic E-state index is -3.63. The van der Waals surface area contributed by atoms with E-state index >= 15 is 0 Å². The third kappa shape index (κ3) is 5.29. The molecule has 0 bridgehead atoms. The molecule has 29 heavy (non-hydrogen) atoms. The molecule has 0 spiro atoms. The van der Waals surface area contributed by atoms with Gasteiger partial charge in [-0.3, -0.25) is 4.79 Å². The first-order valence-electron chi connectivity index (χ1n) is 9.71. The number of nitrogens with zero attached hydrogens (tertiary/aromatic N) is 1. The molecule has 1 N–H and O–H groups in total. The van der Waals surface area contributed by atoms with Gasteiger partial charge in [0.25, 0.3) is 5.91 Å². The lowest BCUT2D eigenvalue weighted by molar-refractivity contribution is 0.0951. The van der Waals surface area contributed by atoms with Crippen LogP contribution in [0.25, 0.3) is 0 Å². The number of halogens is 1. The van der Waals surface area contributed by atoms with Crippen LogP contribution in [-0.2, 0) is 16.6 Å². The van der Waals surface area contributed by atoms with E-state index in [1.807, 2.05) is 31.2 Å². The second-order valence-corrected chi connectivity index (χ2v) is 9.21. The van der Waals surface area contributed by atoms with Crippen LogP contribution in [0.15, 0.2) is 47.4 Å². The number of sulfonamides is 1. The van der Waals surface area contributed by atoms with Crippen molar-refractivity contribution in [1.29, 1.82) is 0 Å². The van der Waals surface area contributed by atoms with Crippen molar-refractivity contribution in [1.82, 2.24) is 9.62 Å². The number of benzene rings is 2. The maximum Gasteiger partial charge on any atom is 0.253 e. The number of piperidine rings is 1. The third-order valence-corrected chi connectivity index (χ3v) is 7.05. The highest BCUT2D eigenvalue weighted by molar-refractivity contribution is 7.89. The summed E-state index contributed by atoms with van der Waals surface area (Å²) in [6.45, 7) is 3.81. The van der Waals surface area contributed by atoms with E-state index in [9.17, 15) is 13.2 Å². The number of rotatable bonds is 7. The maximum absolute atomic E-state index is 12.9. The second kappa shape index (κ2) is 9.61. The van der Waals surface area contributed by atoms with E-state index < -0.39 is 15.9 Å². The van der Waals surface area contributed by atoms with Crippen LogP contribution >= 0.6 is 11.6 Å². The Kier molecular flexibility index (Phi) is 7.16. The number of hydrogen-bond donors (Lipinski definition) is 1. The largest absolute Gasteiger partial charge is 0.494 e.